The summed E-state index contributed by atoms with van der Waals surface area (Å²) in [4.78, 5) is 10.4. The van der Waals surface area contributed by atoms with E-state index in [-0.39, 0.29) is 17.5 Å². The van der Waals surface area contributed by atoms with E-state index in [1.54, 1.807) is 16.4 Å². The zero-order chi connectivity index (χ0) is 17.0. The van der Waals surface area contributed by atoms with E-state index in [0.717, 1.165) is 24.1 Å². The van der Waals surface area contributed by atoms with Gasteiger partial charge in [-0.25, -0.2) is 12.7 Å². The Labute approximate surface area is 136 Å². The Bertz CT molecular complexity index is 667. The third-order valence-corrected chi connectivity index (χ3v) is 6.17. The minimum Gasteiger partial charge on any atom is -0.382 e. The summed E-state index contributed by atoms with van der Waals surface area (Å²) in [7, 11) is -3.12. The number of nitrogens with one attached hydrogen (secondary N) is 1. The molecular formula is C15H23N3O4S. The van der Waals surface area contributed by atoms with Crippen molar-refractivity contribution in [3.63, 3.8) is 0 Å². The van der Waals surface area contributed by atoms with Crippen LogP contribution in [-0.4, -0.2) is 42.5 Å². The minimum atomic E-state index is -3.12. The number of nitro groups is 1. The van der Waals surface area contributed by atoms with Gasteiger partial charge in [-0.05, 0) is 37.8 Å². The predicted octanol–water partition coefficient (Wildman–Crippen LogP) is 2.52. The van der Waals surface area contributed by atoms with Gasteiger partial charge in [-0.2, -0.15) is 0 Å². The Morgan fingerprint density at radius 3 is 2.52 bits per heavy atom. The number of non-ortho nitro benzene ring substituents is 1. The fraction of sp³-hybridized carbons (Fsp3) is 0.600. The highest BCUT2D eigenvalue weighted by Gasteiger charge is 2.27. The van der Waals surface area contributed by atoms with Crippen molar-refractivity contribution in [2.45, 2.75) is 39.2 Å². The molecule has 1 aromatic rings. The number of nitro benzene ring substituents is 1. The summed E-state index contributed by atoms with van der Waals surface area (Å²) in [5.74, 6) is 0.201. The van der Waals surface area contributed by atoms with Crippen LogP contribution in [0.5, 0.6) is 0 Å². The first kappa shape index (κ1) is 17.7. The average molecular weight is 341 g/mol. The summed E-state index contributed by atoms with van der Waals surface area (Å²) in [6, 6.07) is 4.93. The van der Waals surface area contributed by atoms with Gasteiger partial charge in [-0.1, -0.05) is 6.92 Å². The third-order valence-electron chi connectivity index (χ3n) is 4.09. The summed E-state index contributed by atoms with van der Waals surface area (Å²) in [5.41, 5.74) is 1.76. The Morgan fingerprint density at radius 1 is 1.35 bits per heavy atom. The molecule has 23 heavy (non-hydrogen) atoms. The van der Waals surface area contributed by atoms with Crippen molar-refractivity contribution < 1.29 is 13.3 Å². The van der Waals surface area contributed by atoms with E-state index in [4.69, 9.17) is 0 Å². The van der Waals surface area contributed by atoms with Crippen LogP contribution in [0.25, 0.3) is 0 Å². The quantitative estimate of drug-likeness (QED) is 0.634. The summed E-state index contributed by atoms with van der Waals surface area (Å²) < 4.78 is 25.7. The molecule has 1 N–H and O–H groups in total. The van der Waals surface area contributed by atoms with Gasteiger partial charge in [-0.3, -0.25) is 10.1 Å². The van der Waals surface area contributed by atoms with Crippen LogP contribution in [-0.2, 0) is 10.0 Å². The van der Waals surface area contributed by atoms with E-state index in [0.29, 0.717) is 19.5 Å². The molecule has 2 rings (SSSR count). The highest BCUT2D eigenvalue weighted by atomic mass is 32.2. The van der Waals surface area contributed by atoms with Crippen LogP contribution in [0.4, 0.5) is 11.4 Å². The van der Waals surface area contributed by atoms with Crippen molar-refractivity contribution in [2.24, 2.45) is 0 Å². The van der Waals surface area contributed by atoms with Crippen molar-refractivity contribution in [3.8, 4) is 0 Å². The van der Waals surface area contributed by atoms with E-state index in [1.165, 1.54) is 6.07 Å². The minimum absolute atomic E-state index is 0.0773. The molecule has 1 aliphatic heterocycles. The third kappa shape index (κ3) is 4.42. The van der Waals surface area contributed by atoms with E-state index >= 15 is 0 Å². The van der Waals surface area contributed by atoms with Crippen molar-refractivity contribution in [3.05, 3.63) is 33.9 Å². The van der Waals surface area contributed by atoms with Crippen LogP contribution in [0.2, 0.25) is 0 Å². The molecule has 0 bridgehead atoms. The van der Waals surface area contributed by atoms with Crippen molar-refractivity contribution in [2.75, 3.05) is 24.2 Å². The number of benzene rings is 1. The average Bonchev–Trinajstić information content (AvgIpc) is 2.49. The molecular weight excluding hydrogens is 318 g/mol. The SMILES string of the molecule is CCCS(=O)(=O)N1CCC(Nc2ccc([N+](=O)[O-])cc2C)CC1. The van der Waals surface area contributed by atoms with Crippen LogP contribution in [0.3, 0.4) is 0 Å². The monoisotopic (exact) mass is 341 g/mol. The maximum absolute atomic E-state index is 12.0. The first-order valence-corrected chi connectivity index (χ1v) is 9.44. The molecule has 1 fully saturated rings. The molecule has 128 valence electrons. The molecule has 7 nitrogen and oxygen atoms in total. The summed E-state index contributed by atoms with van der Waals surface area (Å²) >= 11 is 0. The van der Waals surface area contributed by atoms with Crippen LogP contribution >= 0.6 is 0 Å². The molecule has 0 aliphatic carbocycles. The second-order valence-corrected chi connectivity index (χ2v) is 7.98. The highest BCUT2D eigenvalue weighted by molar-refractivity contribution is 7.89. The van der Waals surface area contributed by atoms with Gasteiger partial charge < -0.3 is 5.32 Å². The van der Waals surface area contributed by atoms with Gasteiger partial charge in [0.2, 0.25) is 10.0 Å². The lowest BCUT2D eigenvalue weighted by Gasteiger charge is -2.32. The van der Waals surface area contributed by atoms with E-state index in [2.05, 4.69) is 5.32 Å². The summed E-state index contributed by atoms with van der Waals surface area (Å²) in [6.45, 7) is 4.73. The molecule has 0 spiro atoms. The lowest BCUT2D eigenvalue weighted by molar-refractivity contribution is -0.384. The Balaban J connectivity index is 1.96. The molecule has 0 atom stereocenters. The largest absolute Gasteiger partial charge is 0.382 e. The number of hydrogen-bond donors (Lipinski definition) is 1. The number of nitrogens with zero attached hydrogens (tertiary/aromatic N) is 2. The number of sulfonamides is 1. The van der Waals surface area contributed by atoms with Gasteiger partial charge in [0.15, 0.2) is 0 Å². The first-order valence-electron chi connectivity index (χ1n) is 7.83. The van der Waals surface area contributed by atoms with Gasteiger partial charge in [0.1, 0.15) is 0 Å². The topological polar surface area (TPSA) is 92.6 Å². The second kappa shape index (κ2) is 7.27. The van der Waals surface area contributed by atoms with Crippen LogP contribution in [0, 0.1) is 17.0 Å². The Kier molecular flexibility index (Phi) is 5.59. The maximum atomic E-state index is 12.0. The number of rotatable bonds is 6. The van der Waals surface area contributed by atoms with Crippen LogP contribution in [0.15, 0.2) is 18.2 Å². The fourth-order valence-corrected chi connectivity index (χ4v) is 4.35. The van der Waals surface area contributed by atoms with Crippen molar-refractivity contribution in [1.29, 1.82) is 0 Å². The molecule has 0 saturated carbocycles. The first-order chi connectivity index (χ1) is 10.8. The highest BCUT2D eigenvalue weighted by Crippen LogP contribution is 2.24. The number of hydrogen-bond acceptors (Lipinski definition) is 5. The van der Waals surface area contributed by atoms with Crippen LogP contribution in [0.1, 0.15) is 31.7 Å². The van der Waals surface area contributed by atoms with Gasteiger partial charge >= 0.3 is 0 Å². The second-order valence-electron chi connectivity index (χ2n) is 5.89. The molecule has 8 heteroatoms. The van der Waals surface area contributed by atoms with E-state index in [9.17, 15) is 18.5 Å². The van der Waals surface area contributed by atoms with E-state index in [1.807, 2.05) is 13.8 Å². The molecule has 1 aromatic carbocycles. The maximum Gasteiger partial charge on any atom is 0.269 e. The lowest BCUT2D eigenvalue weighted by atomic mass is 10.1. The number of piperidine rings is 1. The van der Waals surface area contributed by atoms with Crippen molar-refractivity contribution in [1.82, 2.24) is 4.31 Å². The normalized spacial score (nSPS) is 17.1. The smallest absolute Gasteiger partial charge is 0.269 e. The molecule has 0 amide bonds. The molecule has 1 saturated heterocycles. The van der Waals surface area contributed by atoms with E-state index < -0.39 is 14.9 Å². The zero-order valence-corrected chi connectivity index (χ0v) is 14.3. The summed E-state index contributed by atoms with van der Waals surface area (Å²) in [6.07, 6.45) is 2.10. The predicted molar refractivity (Wildman–Crippen MR) is 90.1 cm³/mol. The Morgan fingerprint density at radius 2 is 2.00 bits per heavy atom. The standard InChI is InChI=1S/C15H23N3O4S/c1-3-10-23(21,22)17-8-6-13(7-9-17)16-15-5-4-14(18(19)20)11-12(15)2/h4-5,11,13,16H,3,6-10H2,1-2H3. The fourth-order valence-electron chi connectivity index (χ4n) is 2.81. The Hall–Kier alpha value is -1.67. The van der Waals surface area contributed by atoms with Gasteiger partial charge in [0.05, 0.1) is 10.7 Å². The molecule has 1 heterocycles. The van der Waals surface area contributed by atoms with Gasteiger partial charge in [0.25, 0.3) is 5.69 Å². The van der Waals surface area contributed by atoms with Gasteiger partial charge in [-0.15, -0.1) is 0 Å². The zero-order valence-electron chi connectivity index (χ0n) is 13.5. The lowest BCUT2D eigenvalue weighted by Crippen LogP contribution is -2.43. The molecule has 0 aromatic heterocycles. The summed E-state index contributed by atoms with van der Waals surface area (Å²) in [5, 5.41) is 14.1. The molecule has 1 aliphatic rings. The number of aryl methyl sites for hydroxylation is 1. The van der Waals surface area contributed by atoms with Crippen molar-refractivity contribution >= 4 is 21.4 Å². The molecule has 0 radical (unpaired) electrons. The number of anilines is 1. The van der Waals surface area contributed by atoms with Crippen LogP contribution < -0.4 is 5.32 Å². The molecule has 0 unspecified atom stereocenters. The van der Waals surface area contributed by atoms with Gasteiger partial charge in [0, 0.05) is 37.0 Å².